The van der Waals surface area contributed by atoms with Gasteiger partial charge in [-0.2, -0.15) is 0 Å². The molecular weight excluding hydrogens is 350 g/mol. The number of piperazine rings is 1. The Labute approximate surface area is 168 Å². The summed E-state index contributed by atoms with van der Waals surface area (Å²) in [7, 11) is 2.18. The summed E-state index contributed by atoms with van der Waals surface area (Å²) >= 11 is 0. The number of benzene rings is 2. The van der Waals surface area contributed by atoms with E-state index in [9.17, 15) is 4.79 Å². The molecule has 1 heterocycles. The van der Waals surface area contributed by atoms with Gasteiger partial charge < -0.3 is 15.0 Å². The Bertz CT molecular complexity index is 723. The Morgan fingerprint density at radius 1 is 1.11 bits per heavy atom. The van der Waals surface area contributed by atoms with Gasteiger partial charge in [0, 0.05) is 38.8 Å². The lowest BCUT2D eigenvalue weighted by atomic mass is 10.0. The van der Waals surface area contributed by atoms with E-state index in [-0.39, 0.29) is 5.91 Å². The number of rotatable bonds is 8. The number of likely N-dealkylation sites (N-methyl/N-ethyl adjacent to an activating group) is 1. The highest BCUT2D eigenvalue weighted by molar-refractivity contribution is 5.80. The van der Waals surface area contributed by atoms with Gasteiger partial charge in [-0.15, -0.1) is 0 Å². The van der Waals surface area contributed by atoms with Crippen LogP contribution in [-0.2, 0) is 4.79 Å². The number of ether oxygens (including phenoxy) is 1. The van der Waals surface area contributed by atoms with E-state index in [1.807, 2.05) is 30.3 Å². The van der Waals surface area contributed by atoms with Gasteiger partial charge >= 0.3 is 0 Å². The molecule has 1 fully saturated rings. The molecule has 5 heteroatoms. The molecule has 150 valence electrons. The first-order valence-corrected chi connectivity index (χ1v) is 10.1. The summed E-state index contributed by atoms with van der Waals surface area (Å²) in [4.78, 5) is 17.2. The summed E-state index contributed by atoms with van der Waals surface area (Å²) in [6, 6.07) is 20.6. The SMILES string of the molecule is C[C@@H](Oc1ccccc1)C(=O)NCCCN1CCN(C)C[C@H]1c1ccccc1. The zero-order valence-corrected chi connectivity index (χ0v) is 16.9. The van der Waals surface area contributed by atoms with Crippen LogP contribution in [0.15, 0.2) is 60.7 Å². The Kier molecular flexibility index (Phi) is 7.46. The smallest absolute Gasteiger partial charge is 0.260 e. The van der Waals surface area contributed by atoms with Crippen molar-refractivity contribution in [3.05, 3.63) is 66.2 Å². The monoisotopic (exact) mass is 381 g/mol. The molecule has 2 aromatic rings. The minimum atomic E-state index is -0.497. The van der Waals surface area contributed by atoms with E-state index in [4.69, 9.17) is 4.74 Å². The number of amides is 1. The van der Waals surface area contributed by atoms with Gasteiger partial charge in [0.05, 0.1) is 0 Å². The van der Waals surface area contributed by atoms with Crippen LogP contribution in [0.25, 0.3) is 0 Å². The van der Waals surface area contributed by atoms with E-state index < -0.39 is 6.10 Å². The Morgan fingerprint density at radius 2 is 1.79 bits per heavy atom. The van der Waals surface area contributed by atoms with E-state index in [2.05, 4.69) is 52.5 Å². The maximum Gasteiger partial charge on any atom is 0.260 e. The van der Waals surface area contributed by atoms with Crippen molar-refractivity contribution in [3.63, 3.8) is 0 Å². The maximum atomic E-state index is 12.3. The highest BCUT2D eigenvalue weighted by atomic mass is 16.5. The van der Waals surface area contributed by atoms with E-state index in [0.717, 1.165) is 32.6 Å². The number of carbonyl (C=O) groups excluding carboxylic acids is 1. The maximum absolute atomic E-state index is 12.3. The highest BCUT2D eigenvalue weighted by Gasteiger charge is 2.26. The molecule has 1 aliphatic heterocycles. The summed E-state index contributed by atoms with van der Waals surface area (Å²) in [5.74, 6) is 0.648. The van der Waals surface area contributed by atoms with E-state index in [1.54, 1.807) is 6.92 Å². The van der Waals surface area contributed by atoms with Gasteiger partial charge in [-0.1, -0.05) is 48.5 Å². The number of hydrogen-bond acceptors (Lipinski definition) is 4. The predicted molar refractivity (Wildman–Crippen MR) is 112 cm³/mol. The summed E-state index contributed by atoms with van der Waals surface area (Å²) in [5, 5.41) is 3.00. The third kappa shape index (κ3) is 5.81. The zero-order chi connectivity index (χ0) is 19.8. The van der Waals surface area contributed by atoms with Crippen LogP contribution in [0.1, 0.15) is 24.9 Å². The van der Waals surface area contributed by atoms with Crippen LogP contribution in [0.3, 0.4) is 0 Å². The second kappa shape index (κ2) is 10.2. The molecule has 0 radical (unpaired) electrons. The number of carbonyl (C=O) groups is 1. The first-order valence-electron chi connectivity index (χ1n) is 10.1. The average molecular weight is 382 g/mol. The van der Waals surface area contributed by atoms with E-state index >= 15 is 0 Å². The normalized spacial score (nSPS) is 19.1. The molecule has 1 saturated heterocycles. The van der Waals surface area contributed by atoms with Gasteiger partial charge in [0.25, 0.3) is 5.91 Å². The first kappa shape index (κ1) is 20.4. The highest BCUT2D eigenvalue weighted by Crippen LogP contribution is 2.24. The standard InChI is InChI=1S/C23H31N3O2/c1-19(28-21-12-7-4-8-13-21)23(27)24-14-9-15-26-17-16-25(2)18-22(26)20-10-5-3-6-11-20/h3-8,10-13,19,22H,9,14-18H2,1-2H3,(H,24,27)/t19-,22+/m1/s1. The molecular formula is C23H31N3O2. The Morgan fingerprint density at radius 3 is 2.50 bits per heavy atom. The molecule has 2 atom stereocenters. The van der Waals surface area contributed by atoms with Gasteiger partial charge in [-0.3, -0.25) is 9.69 Å². The molecule has 0 aromatic heterocycles. The van der Waals surface area contributed by atoms with Crippen molar-refractivity contribution in [1.82, 2.24) is 15.1 Å². The molecule has 0 spiro atoms. The third-order valence-corrected chi connectivity index (χ3v) is 5.23. The van der Waals surface area contributed by atoms with Crippen LogP contribution in [-0.4, -0.2) is 61.6 Å². The molecule has 0 unspecified atom stereocenters. The second-order valence-corrected chi connectivity index (χ2v) is 7.44. The molecule has 1 aliphatic rings. The third-order valence-electron chi connectivity index (χ3n) is 5.23. The molecule has 1 amide bonds. The van der Waals surface area contributed by atoms with Gasteiger partial charge in [0.2, 0.25) is 0 Å². The second-order valence-electron chi connectivity index (χ2n) is 7.44. The summed E-state index contributed by atoms with van der Waals surface area (Å²) in [6.45, 7) is 6.60. The first-order chi connectivity index (χ1) is 13.6. The lowest BCUT2D eigenvalue weighted by molar-refractivity contribution is -0.127. The quantitative estimate of drug-likeness (QED) is 0.714. The Hall–Kier alpha value is -2.37. The van der Waals surface area contributed by atoms with Crippen molar-refractivity contribution in [1.29, 1.82) is 0 Å². The average Bonchev–Trinajstić information content (AvgIpc) is 2.73. The molecule has 5 nitrogen and oxygen atoms in total. The fourth-order valence-corrected chi connectivity index (χ4v) is 3.61. The zero-order valence-electron chi connectivity index (χ0n) is 16.9. The van der Waals surface area contributed by atoms with Gasteiger partial charge in [0.15, 0.2) is 6.10 Å². The topological polar surface area (TPSA) is 44.8 Å². The van der Waals surface area contributed by atoms with Crippen LogP contribution < -0.4 is 10.1 Å². The molecule has 0 saturated carbocycles. The molecule has 3 rings (SSSR count). The minimum absolute atomic E-state index is 0.0677. The number of para-hydroxylation sites is 1. The van der Waals surface area contributed by atoms with Crippen LogP contribution in [0.4, 0.5) is 0 Å². The van der Waals surface area contributed by atoms with Gasteiger partial charge in [-0.25, -0.2) is 0 Å². The Balaban J connectivity index is 1.44. The number of nitrogens with one attached hydrogen (secondary N) is 1. The number of hydrogen-bond donors (Lipinski definition) is 1. The van der Waals surface area contributed by atoms with Crippen molar-refractivity contribution < 1.29 is 9.53 Å². The summed E-state index contributed by atoms with van der Waals surface area (Å²) in [6.07, 6.45) is 0.430. The predicted octanol–water partition coefficient (Wildman–Crippen LogP) is 2.95. The van der Waals surface area contributed by atoms with Crippen LogP contribution in [0, 0.1) is 0 Å². The van der Waals surface area contributed by atoms with E-state index in [0.29, 0.717) is 18.3 Å². The molecule has 0 aliphatic carbocycles. The van der Waals surface area contributed by atoms with Crippen LogP contribution in [0.5, 0.6) is 5.75 Å². The summed E-state index contributed by atoms with van der Waals surface area (Å²) in [5.41, 5.74) is 1.36. The summed E-state index contributed by atoms with van der Waals surface area (Å²) < 4.78 is 5.68. The van der Waals surface area contributed by atoms with Crippen molar-refractivity contribution in [2.75, 3.05) is 39.8 Å². The minimum Gasteiger partial charge on any atom is -0.481 e. The molecule has 0 bridgehead atoms. The lowest BCUT2D eigenvalue weighted by Gasteiger charge is -2.40. The molecule has 28 heavy (non-hydrogen) atoms. The lowest BCUT2D eigenvalue weighted by Crippen LogP contribution is -2.47. The largest absolute Gasteiger partial charge is 0.481 e. The van der Waals surface area contributed by atoms with Crippen molar-refractivity contribution in [2.24, 2.45) is 0 Å². The van der Waals surface area contributed by atoms with Gasteiger partial charge in [0.1, 0.15) is 5.75 Å². The fraction of sp³-hybridized carbons (Fsp3) is 0.435. The van der Waals surface area contributed by atoms with Crippen molar-refractivity contribution >= 4 is 5.91 Å². The molecule has 1 N–H and O–H groups in total. The van der Waals surface area contributed by atoms with Crippen LogP contribution in [0.2, 0.25) is 0 Å². The van der Waals surface area contributed by atoms with Crippen molar-refractivity contribution in [3.8, 4) is 5.75 Å². The number of nitrogens with zero attached hydrogens (tertiary/aromatic N) is 2. The fourth-order valence-electron chi connectivity index (χ4n) is 3.61. The molecule has 2 aromatic carbocycles. The van der Waals surface area contributed by atoms with Gasteiger partial charge in [-0.05, 0) is 38.1 Å². The van der Waals surface area contributed by atoms with Crippen molar-refractivity contribution in [2.45, 2.75) is 25.5 Å². The van der Waals surface area contributed by atoms with Crippen LogP contribution >= 0.6 is 0 Å². The van der Waals surface area contributed by atoms with E-state index in [1.165, 1.54) is 5.56 Å².